The lowest BCUT2D eigenvalue weighted by molar-refractivity contribution is -0.384. The molecule has 7 nitrogen and oxygen atoms in total. The van der Waals surface area contributed by atoms with E-state index in [1.54, 1.807) is 19.1 Å². The standard InChI is InChI=1S/C14H15N3O4/c1-3-12(10-5-4-6-11(8-10)17(19)20)15-14(18)13-7-9(2)21-16-13/h4-8,12H,3H2,1-2H3,(H,15,18)/t12-/m0/s1. The molecular weight excluding hydrogens is 274 g/mol. The Hall–Kier alpha value is -2.70. The lowest BCUT2D eigenvalue weighted by Crippen LogP contribution is -2.28. The molecule has 21 heavy (non-hydrogen) atoms. The highest BCUT2D eigenvalue weighted by molar-refractivity contribution is 5.92. The quantitative estimate of drug-likeness (QED) is 0.674. The van der Waals surface area contributed by atoms with E-state index in [2.05, 4.69) is 10.5 Å². The summed E-state index contributed by atoms with van der Waals surface area (Å²) in [5, 5.41) is 17.2. The van der Waals surface area contributed by atoms with E-state index >= 15 is 0 Å². The van der Waals surface area contributed by atoms with E-state index < -0.39 is 4.92 Å². The Morgan fingerprint density at radius 1 is 1.48 bits per heavy atom. The molecule has 2 aromatic rings. The van der Waals surface area contributed by atoms with Gasteiger partial charge in [0.05, 0.1) is 11.0 Å². The maximum absolute atomic E-state index is 12.1. The minimum Gasteiger partial charge on any atom is -0.361 e. The van der Waals surface area contributed by atoms with E-state index in [4.69, 9.17) is 4.52 Å². The van der Waals surface area contributed by atoms with Crippen LogP contribution < -0.4 is 5.32 Å². The minimum absolute atomic E-state index is 0.00233. The normalized spacial score (nSPS) is 11.9. The van der Waals surface area contributed by atoms with Crippen LogP contribution in [0.2, 0.25) is 0 Å². The van der Waals surface area contributed by atoms with Gasteiger partial charge in [0, 0.05) is 18.2 Å². The molecule has 1 N–H and O–H groups in total. The van der Waals surface area contributed by atoms with Crippen molar-refractivity contribution >= 4 is 11.6 Å². The van der Waals surface area contributed by atoms with Crippen LogP contribution in [-0.4, -0.2) is 16.0 Å². The smallest absolute Gasteiger partial charge is 0.273 e. The molecule has 2 rings (SSSR count). The first-order valence-electron chi connectivity index (χ1n) is 6.49. The second-order valence-corrected chi connectivity index (χ2v) is 4.61. The maximum Gasteiger partial charge on any atom is 0.273 e. The van der Waals surface area contributed by atoms with Crippen molar-refractivity contribution in [2.45, 2.75) is 26.3 Å². The van der Waals surface area contributed by atoms with Gasteiger partial charge in [0.15, 0.2) is 5.69 Å². The average Bonchev–Trinajstić information content (AvgIpc) is 2.91. The molecule has 1 aromatic carbocycles. The number of nitro groups is 1. The van der Waals surface area contributed by atoms with Crippen LogP contribution in [0.5, 0.6) is 0 Å². The Labute approximate surface area is 121 Å². The number of non-ortho nitro benzene ring substituents is 1. The molecular formula is C14H15N3O4. The molecule has 1 atom stereocenters. The molecule has 0 saturated heterocycles. The molecule has 1 amide bonds. The summed E-state index contributed by atoms with van der Waals surface area (Å²) in [5.74, 6) is 0.175. The van der Waals surface area contributed by atoms with Crippen molar-refractivity contribution in [1.82, 2.24) is 10.5 Å². The monoisotopic (exact) mass is 289 g/mol. The number of nitrogens with one attached hydrogen (secondary N) is 1. The molecule has 0 bridgehead atoms. The zero-order valence-electron chi connectivity index (χ0n) is 11.7. The molecule has 0 aliphatic carbocycles. The average molecular weight is 289 g/mol. The van der Waals surface area contributed by atoms with Crippen LogP contribution in [-0.2, 0) is 0 Å². The third-order valence-corrected chi connectivity index (χ3v) is 3.06. The summed E-state index contributed by atoms with van der Waals surface area (Å²) in [4.78, 5) is 22.4. The van der Waals surface area contributed by atoms with Crippen LogP contribution in [0.3, 0.4) is 0 Å². The molecule has 1 heterocycles. The number of carbonyl (C=O) groups excluding carboxylic acids is 1. The third kappa shape index (κ3) is 3.44. The fourth-order valence-electron chi connectivity index (χ4n) is 1.98. The van der Waals surface area contributed by atoms with Gasteiger partial charge in [0.1, 0.15) is 5.76 Å². The lowest BCUT2D eigenvalue weighted by atomic mass is 10.0. The van der Waals surface area contributed by atoms with Crippen molar-refractivity contribution in [2.75, 3.05) is 0 Å². The highest BCUT2D eigenvalue weighted by Crippen LogP contribution is 2.22. The maximum atomic E-state index is 12.1. The van der Waals surface area contributed by atoms with E-state index in [9.17, 15) is 14.9 Å². The molecule has 0 saturated carbocycles. The predicted molar refractivity (Wildman–Crippen MR) is 74.8 cm³/mol. The molecule has 0 aliphatic rings. The van der Waals surface area contributed by atoms with Crippen molar-refractivity contribution in [1.29, 1.82) is 0 Å². The molecule has 0 unspecified atom stereocenters. The Bertz CT molecular complexity index is 666. The van der Waals surface area contributed by atoms with Crippen molar-refractivity contribution in [3.63, 3.8) is 0 Å². The Kier molecular flexibility index (Phi) is 4.32. The van der Waals surface area contributed by atoms with E-state index in [-0.39, 0.29) is 23.3 Å². The van der Waals surface area contributed by atoms with Gasteiger partial charge in [-0.2, -0.15) is 0 Å². The number of hydrogen-bond acceptors (Lipinski definition) is 5. The summed E-state index contributed by atoms with van der Waals surface area (Å²) >= 11 is 0. The van der Waals surface area contributed by atoms with Crippen LogP contribution in [0.15, 0.2) is 34.9 Å². The third-order valence-electron chi connectivity index (χ3n) is 3.06. The van der Waals surface area contributed by atoms with Gasteiger partial charge in [-0.15, -0.1) is 0 Å². The zero-order valence-corrected chi connectivity index (χ0v) is 11.7. The van der Waals surface area contributed by atoms with Gasteiger partial charge in [-0.05, 0) is 18.9 Å². The summed E-state index contributed by atoms with van der Waals surface area (Å²) in [6.07, 6.45) is 0.601. The number of amides is 1. The fourth-order valence-corrected chi connectivity index (χ4v) is 1.98. The van der Waals surface area contributed by atoms with Crippen molar-refractivity contribution in [3.05, 3.63) is 57.5 Å². The van der Waals surface area contributed by atoms with E-state index in [1.807, 2.05) is 6.92 Å². The second-order valence-electron chi connectivity index (χ2n) is 4.61. The molecule has 7 heteroatoms. The van der Waals surface area contributed by atoms with Gasteiger partial charge in [-0.25, -0.2) is 0 Å². The van der Waals surface area contributed by atoms with Crippen molar-refractivity contribution in [3.8, 4) is 0 Å². The van der Waals surface area contributed by atoms with Gasteiger partial charge in [-0.3, -0.25) is 14.9 Å². The molecule has 1 aromatic heterocycles. The molecule has 0 aliphatic heterocycles. The second kappa shape index (κ2) is 6.17. The lowest BCUT2D eigenvalue weighted by Gasteiger charge is -2.16. The highest BCUT2D eigenvalue weighted by Gasteiger charge is 2.18. The van der Waals surface area contributed by atoms with E-state index in [0.717, 1.165) is 0 Å². The van der Waals surface area contributed by atoms with Crippen molar-refractivity contribution in [2.24, 2.45) is 0 Å². The summed E-state index contributed by atoms with van der Waals surface area (Å²) in [6.45, 7) is 3.58. The fraction of sp³-hybridized carbons (Fsp3) is 0.286. The van der Waals surface area contributed by atoms with Gasteiger partial charge in [0.25, 0.3) is 11.6 Å². The zero-order chi connectivity index (χ0) is 15.4. The summed E-state index contributed by atoms with van der Waals surface area (Å²) < 4.78 is 4.86. The van der Waals surface area contributed by atoms with Crippen LogP contribution in [0.1, 0.15) is 41.2 Å². The number of rotatable bonds is 5. The summed E-state index contributed by atoms with van der Waals surface area (Å²) in [6, 6.07) is 7.43. The first kappa shape index (κ1) is 14.7. The van der Waals surface area contributed by atoms with Gasteiger partial charge in [0.2, 0.25) is 0 Å². The largest absolute Gasteiger partial charge is 0.361 e. The predicted octanol–water partition coefficient (Wildman–Crippen LogP) is 2.77. The van der Waals surface area contributed by atoms with Crippen LogP contribution in [0.25, 0.3) is 0 Å². The molecule has 110 valence electrons. The Balaban J connectivity index is 2.18. The Morgan fingerprint density at radius 3 is 2.81 bits per heavy atom. The minimum atomic E-state index is -0.459. The SMILES string of the molecule is CC[C@H](NC(=O)c1cc(C)on1)c1cccc([N+](=O)[O-])c1. The number of carbonyl (C=O) groups is 1. The first-order chi connectivity index (χ1) is 10.0. The van der Waals surface area contributed by atoms with Crippen LogP contribution in [0.4, 0.5) is 5.69 Å². The Morgan fingerprint density at radius 2 is 2.24 bits per heavy atom. The summed E-state index contributed by atoms with van der Waals surface area (Å²) in [5.41, 5.74) is 0.870. The number of hydrogen-bond donors (Lipinski definition) is 1. The number of nitrogens with zero attached hydrogens (tertiary/aromatic N) is 2. The van der Waals surface area contributed by atoms with E-state index in [0.29, 0.717) is 17.7 Å². The highest BCUT2D eigenvalue weighted by atomic mass is 16.6. The van der Waals surface area contributed by atoms with Gasteiger partial charge < -0.3 is 9.84 Å². The van der Waals surface area contributed by atoms with Crippen LogP contribution in [0, 0.1) is 17.0 Å². The first-order valence-corrected chi connectivity index (χ1v) is 6.49. The number of nitro benzene ring substituents is 1. The van der Waals surface area contributed by atoms with Gasteiger partial charge in [-0.1, -0.05) is 24.2 Å². The van der Waals surface area contributed by atoms with Gasteiger partial charge >= 0.3 is 0 Å². The molecule has 0 radical (unpaired) electrons. The topological polar surface area (TPSA) is 98.3 Å². The van der Waals surface area contributed by atoms with Crippen LogP contribution >= 0.6 is 0 Å². The number of benzene rings is 1. The molecule has 0 fully saturated rings. The number of aromatic nitrogens is 1. The van der Waals surface area contributed by atoms with Crippen molar-refractivity contribution < 1.29 is 14.2 Å². The summed E-state index contributed by atoms with van der Waals surface area (Å²) in [7, 11) is 0. The molecule has 0 spiro atoms. The van der Waals surface area contributed by atoms with E-state index in [1.165, 1.54) is 18.2 Å². The number of aryl methyl sites for hydroxylation is 1.